The maximum absolute atomic E-state index is 13.4. The van der Waals surface area contributed by atoms with Gasteiger partial charge in [0.1, 0.15) is 12.7 Å². The van der Waals surface area contributed by atoms with Gasteiger partial charge in [0.25, 0.3) is 0 Å². The van der Waals surface area contributed by atoms with Gasteiger partial charge in [-0.3, -0.25) is 42.3 Å². The van der Waals surface area contributed by atoms with Gasteiger partial charge >= 0.3 is 43.6 Å². The van der Waals surface area contributed by atoms with Crippen molar-refractivity contribution in [1.82, 2.24) is 0 Å². The number of rotatable bonds is 11. The van der Waals surface area contributed by atoms with Crippen molar-refractivity contribution in [2.75, 3.05) is 19.8 Å². The topological polar surface area (TPSA) is 230 Å². The first-order chi connectivity index (χ1) is 22.0. The number of esters is 6. The fraction of sp³-hybridized carbons (Fsp3) is 0.778. The molecule has 3 aliphatic rings. The van der Waals surface area contributed by atoms with Gasteiger partial charge in [0, 0.05) is 41.5 Å². The van der Waals surface area contributed by atoms with Crippen LogP contribution in [0.3, 0.4) is 0 Å². The second-order valence-corrected chi connectivity index (χ2v) is 12.2. The summed E-state index contributed by atoms with van der Waals surface area (Å²) in [7, 11) is -4.37. The van der Waals surface area contributed by atoms with Gasteiger partial charge in [-0.1, -0.05) is 0 Å². The van der Waals surface area contributed by atoms with Gasteiger partial charge in [-0.15, -0.1) is 0 Å². The van der Waals surface area contributed by atoms with Gasteiger partial charge in [-0.05, 0) is 13.3 Å². The summed E-state index contributed by atoms with van der Waals surface area (Å²) in [6, 6.07) is 0. The van der Waals surface area contributed by atoms with Gasteiger partial charge < -0.3 is 42.6 Å². The fourth-order valence-electron chi connectivity index (χ4n) is 4.97. The Morgan fingerprint density at radius 1 is 0.596 bits per heavy atom. The zero-order valence-corrected chi connectivity index (χ0v) is 27.7. The van der Waals surface area contributed by atoms with Crippen LogP contribution in [0.4, 0.5) is 0 Å². The van der Waals surface area contributed by atoms with E-state index < -0.39 is 112 Å². The Balaban J connectivity index is 2.12. The third-order valence-corrected chi connectivity index (χ3v) is 8.05. The lowest BCUT2D eigenvalue weighted by Gasteiger charge is -2.48. The molecular weight excluding hydrogens is 659 g/mol. The van der Waals surface area contributed by atoms with Crippen molar-refractivity contribution in [3.63, 3.8) is 0 Å². The molecule has 0 aliphatic carbocycles. The van der Waals surface area contributed by atoms with E-state index in [1.165, 1.54) is 6.92 Å². The van der Waals surface area contributed by atoms with Crippen molar-refractivity contribution in [1.29, 1.82) is 0 Å². The van der Waals surface area contributed by atoms with E-state index in [9.17, 15) is 33.3 Å². The minimum absolute atomic E-state index is 0.0186. The van der Waals surface area contributed by atoms with Crippen molar-refractivity contribution < 1.29 is 89.5 Å². The first-order valence-corrected chi connectivity index (χ1v) is 16.0. The number of ether oxygens (including phenoxy) is 9. The van der Waals surface area contributed by atoms with Gasteiger partial charge in [0.05, 0.1) is 19.3 Å². The Morgan fingerprint density at radius 2 is 1.06 bits per heavy atom. The molecule has 0 bridgehead atoms. The largest absolute Gasteiger partial charge is 0.477 e. The Labute approximate surface area is 269 Å². The van der Waals surface area contributed by atoms with Crippen LogP contribution in [0, 0.1) is 0 Å². The van der Waals surface area contributed by atoms with Crippen molar-refractivity contribution in [2.24, 2.45) is 0 Å². The number of carbonyl (C=O) groups is 6. The van der Waals surface area contributed by atoms with E-state index in [4.69, 9.17) is 56.2 Å². The second-order valence-electron chi connectivity index (χ2n) is 10.6. The molecule has 20 heteroatoms. The summed E-state index contributed by atoms with van der Waals surface area (Å²) in [5.74, 6) is -5.02. The predicted octanol–water partition coefficient (Wildman–Crippen LogP) is 0.625. The summed E-state index contributed by atoms with van der Waals surface area (Å²) < 4.78 is 79.8. The Morgan fingerprint density at radius 3 is 1.57 bits per heavy atom. The summed E-state index contributed by atoms with van der Waals surface area (Å²) in [6.45, 7) is 7.24. The molecule has 19 nitrogen and oxygen atoms in total. The van der Waals surface area contributed by atoms with Crippen molar-refractivity contribution >= 4 is 43.6 Å². The number of hydrogen-bond donors (Lipinski definition) is 0. The minimum Gasteiger partial charge on any atom is -0.463 e. The molecular formula is C27H39O19P. The van der Waals surface area contributed by atoms with Crippen LogP contribution >= 0.6 is 7.82 Å². The summed E-state index contributed by atoms with van der Waals surface area (Å²) >= 11 is 0. The molecule has 3 saturated heterocycles. The van der Waals surface area contributed by atoms with Crippen LogP contribution in [0.15, 0.2) is 0 Å². The Bertz CT molecular complexity index is 1210. The third kappa shape index (κ3) is 10.9. The number of hydrogen-bond acceptors (Lipinski definition) is 19. The lowest BCUT2D eigenvalue weighted by Crippen LogP contribution is -2.66. The van der Waals surface area contributed by atoms with Crippen molar-refractivity contribution in [3.8, 4) is 0 Å². The molecule has 47 heavy (non-hydrogen) atoms. The summed E-state index contributed by atoms with van der Waals surface area (Å²) in [6.07, 6.45) is -15.1. The molecule has 0 unspecified atom stereocenters. The second kappa shape index (κ2) is 16.8. The van der Waals surface area contributed by atoms with Gasteiger partial charge in [0.15, 0.2) is 49.2 Å². The predicted molar refractivity (Wildman–Crippen MR) is 147 cm³/mol. The molecule has 10 atom stereocenters. The van der Waals surface area contributed by atoms with Crippen LogP contribution in [0.1, 0.15) is 54.9 Å². The summed E-state index contributed by atoms with van der Waals surface area (Å²) in [4.78, 5) is 72.6. The average Bonchev–Trinajstić information content (AvgIpc) is 2.94. The third-order valence-electron chi connectivity index (χ3n) is 6.59. The highest BCUT2D eigenvalue weighted by molar-refractivity contribution is 7.48. The molecule has 3 heterocycles. The highest BCUT2D eigenvalue weighted by Crippen LogP contribution is 2.54. The zero-order chi connectivity index (χ0) is 35.1. The molecule has 0 amide bonds. The van der Waals surface area contributed by atoms with Crippen molar-refractivity contribution in [3.05, 3.63) is 0 Å². The standard InChI is InChI=1S/C27H39O19P/c1-12-20(39-14(3)29)22(41-16(5)31)24(43-18(7)33)26(38-12)45-25-23(42-17(6)32)21(40-15(4)30)19(11-35-13(2)28)44-27(25)46-47(34)36-9-8-10-37-47/h12,19-27H,8-11H2,1-7H3/t12-,19+,20+,21-,22+,23-,24-,25+,26-,27-/m0/s1. The Hall–Kier alpha value is -3.19. The fourth-order valence-corrected chi connectivity index (χ4v) is 6.30. The van der Waals surface area contributed by atoms with Gasteiger partial charge in [0.2, 0.25) is 0 Å². The lowest BCUT2D eigenvalue weighted by atomic mass is 9.96. The highest BCUT2D eigenvalue weighted by Gasteiger charge is 2.58. The van der Waals surface area contributed by atoms with E-state index in [1.54, 1.807) is 0 Å². The number of phosphoric acid groups is 1. The van der Waals surface area contributed by atoms with Crippen LogP contribution in [0.5, 0.6) is 0 Å². The minimum atomic E-state index is -4.37. The summed E-state index contributed by atoms with van der Waals surface area (Å²) in [5, 5.41) is 0. The maximum Gasteiger partial charge on any atom is 0.477 e. The van der Waals surface area contributed by atoms with Crippen LogP contribution in [-0.4, -0.2) is 117 Å². The smallest absolute Gasteiger partial charge is 0.463 e. The molecule has 3 rings (SSSR count). The summed E-state index contributed by atoms with van der Waals surface area (Å²) in [5.41, 5.74) is 0. The van der Waals surface area contributed by atoms with E-state index in [-0.39, 0.29) is 13.2 Å². The van der Waals surface area contributed by atoms with E-state index in [2.05, 4.69) is 0 Å². The van der Waals surface area contributed by atoms with Crippen molar-refractivity contribution in [2.45, 2.75) is 116 Å². The van der Waals surface area contributed by atoms with Crippen LogP contribution in [0.2, 0.25) is 0 Å². The molecule has 0 aromatic rings. The first kappa shape index (κ1) is 38.3. The first-order valence-electron chi connectivity index (χ1n) is 14.5. The quantitative estimate of drug-likeness (QED) is 0.164. The number of carbonyl (C=O) groups excluding carboxylic acids is 6. The Kier molecular flexibility index (Phi) is 13.6. The van der Waals surface area contributed by atoms with Gasteiger partial charge in [-0.25, -0.2) is 4.57 Å². The molecule has 0 N–H and O–H groups in total. The maximum atomic E-state index is 13.4. The van der Waals surface area contributed by atoms with E-state index in [0.717, 1.165) is 41.5 Å². The molecule has 0 aromatic carbocycles. The highest BCUT2D eigenvalue weighted by atomic mass is 31.2. The normalized spacial score (nSPS) is 33.4. The van der Waals surface area contributed by atoms with Crippen LogP contribution in [-0.2, 0) is 89.5 Å². The molecule has 3 aliphatic heterocycles. The molecule has 0 radical (unpaired) electrons. The molecule has 0 saturated carbocycles. The monoisotopic (exact) mass is 698 g/mol. The molecule has 0 spiro atoms. The average molecular weight is 699 g/mol. The zero-order valence-electron chi connectivity index (χ0n) is 26.8. The molecule has 0 aromatic heterocycles. The molecule has 3 fully saturated rings. The lowest BCUT2D eigenvalue weighted by molar-refractivity contribution is -0.358. The SMILES string of the molecule is CC(=O)OC[C@H]1O[C@@H](OP2(=O)OCCCO2)[C@H](O[C@@H]2O[C@@H](C)[C@@H](OC(C)=O)[C@@H](OC(C)=O)[C@@H]2OC(C)=O)[C@@H](OC(C)=O)[C@H]1OC(C)=O. The van der Waals surface area contributed by atoms with E-state index in [1.807, 2.05) is 0 Å². The van der Waals surface area contributed by atoms with Crippen LogP contribution in [0.25, 0.3) is 0 Å². The molecule has 266 valence electrons. The van der Waals surface area contributed by atoms with Gasteiger partial charge in [-0.2, -0.15) is 0 Å². The van der Waals surface area contributed by atoms with Crippen LogP contribution < -0.4 is 0 Å². The van der Waals surface area contributed by atoms with E-state index in [0.29, 0.717) is 6.42 Å². The van der Waals surface area contributed by atoms with E-state index >= 15 is 0 Å². The number of phosphoric ester groups is 1.